The van der Waals surface area contributed by atoms with Crippen molar-refractivity contribution < 1.29 is 0 Å². The molecule has 0 aromatic carbocycles. The van der Waals surface area contributed by atoms with Gasteiger partial charge in [-0.25, -0.2) is 9.97 Å². The third kappa shape index (κ3) is 4.13. The highest BCUT2D eigenvalue weighted by atomic mass is 79.9. The topological polar surface area (TPSA) is 37.8 Å². The van der Waals surface area contributed by atoms with E-state index in [1.807, 2.05) is 11.8 Å². The Labute approximate surface area is 140 Å². The molecule has 2 aliphatic rings. The number of hydrogen-bond acceptors (Lipinski definition) is 4. The lowest BCUT2D eigenvalue weighted by Crippen LogP contribution is -2.09. The molecule has 5 heteroatoms. The van der Waals surface area contributed by atoms with Gasteiger partial charge in [-0.05, 0) is 48.0 Å². The SMILES string of the molecule is CCCNc1nc(CSC2CCCC2)nc(C2CC2)c1Br. The molecule has 0 aliphatic heterocycles. The first kappa shape index (κ1) is 15.6. The third-order valence-electron chi connectivity index (χ3n) is 4.18. The molecule has 3 nitrogen and oxygen atoms in total. The van der Waals surface area contributed by atoms with Gasteiger partial charge in [0, 0.05) is 17.7 Å². The molecule has 0 atom stereocenters. The van der Waals surface area contributed by atoms with E-state index >= 15 is 0 Å². The maximum absolute atomic E-state index is 4.85. The minimum atomic E-state index is 0.653. The molecule has 2 fully saturated rings. The first-order valence-corrected chi connectivity index (χ1v) is 10.0. The Kier molecular flexibility index (Phi) is 5.43. The van der Waals surface area contributed by atoms with Crippen molar-refractivity contribution in [3.8, 4) is 0 Å². The van der Waals surface area contributed by atoms with Crippen LogP contribution in [0.2, 0.25) is 0 Å². The van der Waals surface area contributed by atoms with E-state index in [2.05, 4.69) is 28.2 Å². The lowest BCUT2D eigenvalue weighted by Gasteiger charge is -2.13. The summed E-state index contributed by atoms with van der Waals surface area (Å²) < 4.78 is 1.09. The maximum atomic E-state index is 4.85. The number of thioether (sulfide) groups is 1. The van der Waals surface area contributed by atoms with Gasteiger partial charge < -0.3 is 5.32 Å². The highest BCUT2D eigenvalue weighted by Gasteiger charge is 2.29. The van der Waals surface area contributed by atoms with Crippen molar-refractivity contribution in [3.63, 3.8) is 0 Å². The summed E-state index contributed by atoms with van der Waals surface area (Å²) in [6, 6.07) is 0. The number of nitrogens with zero attached hydrogens (tertiary/aromatic N) is 2. The summed E-state index contributed by atoms with van der Waals surface area (Å²) in [5, 5.41) is 4.27. The fourth-order valence-corrected chi connectivity index (χ4v) is 4.63. The number of hydrogen-bond donors (Lipinski definition) is 1. The molecule has 1 N–H and O–H groups in total. The molecule has 0 bridgehead atoms. The van der Waals surface area contributed by atoms with Crippen LogP contribution in [-0.4, -0.2) is 21.8 Å². The number of rotatable bonds is 7. The van der Waals surface area contributed by atoms with Gasteiger partial charge in [0.25, 0.3) is 0 Å². The van der Waals surface area contributed by atoms with Crippen molar-refractivity contribution in [3.05, 3.63) is 16.0 Å². The second-order valence-electron chi connectivity index (χ2n) is 6.11. The maximum Gasteiger partial charge on any atom is 0.144 e. The minimum Gasteiger partial charge on any atom is -0.369 e. The van der Waals surface area contributed by atoms with Crippen LogP contribution >= 0.6 is 27.7 Å². The Balaban J connectivity index is 1.73. The summed E-state index contributed by atoms with van der Waals surface area (Å²) in [5.41, 5.74) is 1.23. The van der Waals surface area contributed by atoms with E-state index in [1.165, 1.54) is 44.2 Å². The predicted molar refractivity (Wildman–Crippen MR) is 94.0 cm³/mol. The van der Waals surface area contributed by atoms with Gasteiger partial charge in [0.15, 0.2) is 0 Å². The van der Waals surface area contributed by atoms with E-state index in [0.717, 1.165) is 40.1 Å². The zero-order chi connectivity index (χ0) is 14.7. The van der Waals surface area contributed by atoms with Crippen molar-refractivity contribution >= 4 is 33.5 Å². The van der Waals surface area contributed by atoms with Crippen molar-refractivity contribution in [1.29, 1.82) is 0 Å². The molecule has 116 valence electrons. The van der Waals surface area contributed by atoms with Crippen LogP contribution in [-0.2, 0) is 5.75 Å². The molecule has 3 rings (SSSR count). The van der Waals surface area contributed by atoms with Crippen LogP contribution in [0.3, 0.4) is 0 Å². The quantitative estimate of drug-likeness (QED) is 0.723. The monoisotopic (exact) mass is 369 g/mol. The normalized spacial score (nSPS) is 19.1. The van der Waals surface area contributed by atoms with Crippen LogP contribution in [0.4, 0.5) is 5.82 Å². The van der Waals surface area contributed by atoms with Crippen LogP contribution in [0.25, 0.3) is 0 Å². The second-order valence-corrected chi connectivity index (χ2v) is 8.19. The van der Waals surface area contributed by atoms with Gasteiger partial charge in [-0.3, -0.25) is 0 Å². The van der Waals surface area contributed by atoms with Crippen LogP contribution in [0.5, 0.6) is 0 Å². The smallest absolute Gasteiger partial charge is 0.144 e. The molecular weight excluding hydrogens is 346 g/mol. The lowest BCUT2D eigenvalue weighted by molar-refractivity contribution is 0.885. The average Bonchev–Trinajstić information content (AvgIpc) is 3.20. The van der Waals surface area contributed by atoms with Crippen molar-refractivity contribution in [2.75, 3.05) is 11.9 Å². The zero-order valence-corrected chi connectivity index (χ0v) is 15.1. The highest BCUT2D eigenvalue weighted by molar-refractivity contribution is 9.10. The molecule has 1 aromatic heterocycles. The van der Waals surface area contributed by atoms with E-state index in [1.54, 1.807) is 0 Å². The van der Waals surface area contributed by atoms with Crippen LogP contribution < -0.4 is 5.32 Å². The Morgan fingerprint density at radius 1 is 1.19 bits per heavy atom. The van der Waals surface area contributed by atoms with E-state index in [0.29, 0.717) is 5.92 Å². The molecule has 0 unspecified atom stereocenters. The van der Waals surface area contributed by atoms with Gasteiger partial charge in [-0.1, -0.05) is 19.8 Å². The van der Waals surface area contributed by atoms with Gasteiger partial charge in [-0.2, -0.15) is 11.8 Å². The summed E-state index contributed by atoms with van der Waals surface area (Å²) >= 11 is 5.76. The molecule has 1 heterocycles. The molecular formula is C16H24BrN3S. The molecule has 1 aromatic rings. The van der Waals surface area contributed by atoms with Crippen LogP contribution in [0.1, 0.15) is 69.3 Å². The van der Waals surface area contributed by atoms with E-state index in [4.69, 9.17) is 9.97 Å². The highest BCUT2D eigenvalue weighted by Crippen LogP contribution is 2.44. The number of aromatic nitrogens is 2. The van der Waals surface area contributed by atoms with Crippen LogP contribution in [0.15, 0.2) is 4.47 Å². The van der Waals surface area contributed by atoms with Crippen LogP contribution in [0, 0.1) is 0 Å². The number of nitrogens with one attached hydrogen (secondary N) is 1. The molecule has 0 radical (unpaired) electrons. The summed E-state index contributed by atoms with van der Waals surface area (Å²) in [6.45, 7) is 3.15. The Morgan fingerprint density at radius 2 is 1.95 bits per heavy atom. The largest absolute Gasteiger partial charge is 0.369 e. The van der Waals surface area contributed by atoms with Crippen molar-refractivity contribution in [2.24, 2.45) is 0 Å². The average molecular weight is 370 g/mol. The van der Waals surface area contributed by atoms with Gasteiger partial charge >= 0.3 is 0 Å². The fraction of sp³-hybridized carbons (Fsp3) is 0.750. The first-order valence-electron chi connectivity index (χ1n) is 8.19. The van der Waals surface area contributed by atoms with Gasteiger partial charge in [0.2, 0.25) is 0 Å². The Morgan fingerprint density at radius 3 is 2.62 bits per heavy atom. The molecule has 0 amide bonds. The Hall–Kier alpha value is -0.290. The zero-order valence-electron chi connectivity index (χ0n) is 12.7. The number of halogens is 1. The first-order chi connectivity index (χ1) is 10.3. The second kappa shape index (κ2) is 7.32. The summed E-state index contributed by atoms with van der Waals surface area (Å²) in [7, 11) is 0. The lowest BCUT2D eigenvalue weighted by atomic mass is 10.2. The molecule has 2 saturated carbocycles. The summed E-state index contributed by atoms with van der Waals surface area (Å²) in [5.74, 6) is 3.62. The van der Waals surface area contributed by atoms with Gasteiger partial charge in [0.1, 0.15) is 11.6 Å². The van der Waals surface area contributed by atoms with Gasteiger partial charge in [0.05, 0.1) is 15.9 Å². The van der Waals surface area contributed by atoms with Crippen molar-refractivity contribution in [1.82, 2.24) is 9.97 Å². The van der Waals surface area contributed by atoms with E-state index in [9.17, 15) is 0 Å². The third-order valence-corrected chi connectivity index (χ3v) is 6.33. The van der Waals surface area contributed by atoms with Crippen molar-refractivity contribution in [2.45, 2.75) is 68.8 Å². The van der Waals surface area contributed by atoms with E-state index in [-0.39, 0.29) is 0 Å². The fourth-order valence-electron chi connectivity index (χ4n) is 2.81. The minimum absolute atomic E-state index is 0.653. The molecule has 0 saturated heterocycles. The molecule has 2 aliphatic carbocycles. The Bertz CT molecular complexity index is 485. The molecule has 0 spiro atoms. The summed E-state index contributed by atoms with van der Waals surface area (Å²) in [6.07, 6.45) is 9.21. The molecule has 21 heavy (non-hydrogen) atoms. The number of anilines is 1. The standard InChI is InChI=1S/C16H24BrN3S/c1-2-9-18-16-14(17)15(11-7-8-11)19-13(20-16)10-21-12-5-3-4-6-12/h11-12H,2-10H2,1H3,(H,18,19,20). The van der Waals surface area contributed by atoms with E-state index < -0.39 is 0 Å². The van der Waals surface area contributed by atoms with Gasteiger partial charge in [-0.15, -0.1) is 0 Å². The summed E-state index contributed by atoms with van der Waals surface area (Å²) in [4.78, 5) is 9.60. The predicted octanol–water partition coefficient (Wildman–Crippen LogP) is 5.11.